The van der Waals surface area contributed by atoms with Gasteiger partial charge in [0.25, 0.3) is 0 Å². The molecule has 0 amide bonds. The summed E-state index contributed by atoms with van der Waals surface area (Å²) in [5.74, 6) is 0. The fraction of sp³-hybridized carbons (Fsp3) is 0.0625. The molecule has 0 saturated carbocycles. The third-order valence-electron chi connectivity index (χ3n) is 3.14. The second-order valence-electron chi connectivity index (χ2n) is 4.93. The van der Waals surface area contributed by atoms with E-state index >= 15 is 0 Å². The van der Waals surface area contributed by atoms with Crippen LogP contribution in [-0.4, -0.2) is 18.5 Å². The zero-order valence-corrected chi connectivity index (χ0v) is 15.4. The maximum Gasteiger partial charge on any atom is 0.435 e. The van der Waals surface area contributed by atoms with Crippen molar-refractivity contribution in [1.29, 1.82) is 0 Å². The maximum absolute atomic E-state index is 13.0. The van der Waals surface area contributed by atoms with Crippen LogP contribution in [0.2, 0.25) is 0 Å². The van der Waals surface area contributed by atoms with Crippen LogP contribution in [0.4, 0.5) is 13.2 Å². The molecular formula is C16H12BrF3N3O2S-. The van der Waals surface area contributed by atoms with Crippen LogP contribution in [0.3, 0.4) is 0 Å². The van der Waals surface area contributed by atoms with E-state index in [9.17, 15) is 13.2 Å². The second-order valence-corrected chi connectivity index (χ2v) is 6.36. The van der Waals surface area contributed by atoms with Gasteiger partial charge in [0.05, 0.1) is 11.4 Å². The van der Waals surface area contributed by atoms with E-state index in [4.69, 9.17) is 8.76 Å². The fourth-order valence-corrected chi connectivity index (χ4v) is 2.38. The molecular weight excluding hydrogens is 435 g/mol. The minimum Gasteiger partial charge on any atom is -0.760 e. The molecule has 26 heavy (non-hydrogen) atoms. The molecule has 2 aromatic carbocycles. The first-order chi connectivity index (χ1) is 12.2. The highest BCUT2D eigenvalue weighted by atomic mass is 79.9. The molecule has 5 nitrogen and oxygen atoms in total. The van der Waals surface area contributed by atoms with Gasteiger partial charge in [-0.15, -0.1) is 0 Å². The van der Waals surface area contributed by atoms with Gasteiger partial charge in [0, 0.05) is 21.3 Å². The normalized spacial score (nSPS) is 12.2. The number of nitrogens with zero attached hydrogens (tertiary/aromatic N) is 2. The molecule has 1 heterocycles. The Hall–Kier alpha value is -2.01. The van der Waals surface area contributed by atoms with Gasteiger partial charge in [0.1, 0.15) is 0 Å². The predicted octanol–water partition coefficient (Wildman–Crippen LogP) is 4.06. The number of rotatable bonds is 2. The summed E-state index contributed by atoms with van der Waals surface area (Å²) in [7, 11) is 0. The Morgan fingerprint density at radius 2 is 1.62 bits per heavy atom. The van der Waals surface area contributed by atoms with Crippen molar-refractivity contribution < 1.29 is 21.9 Å². The van der Waals surface area contributed by atoms with Crippen molar-refractivity contribution in [2.45, 2.75) is 6.18 Å². The first kappa shape index (κ1) is 20.3. The molecule has 0 spiro atoms. The third-order valence-corrected chi connectivity index (χ3v) is 3.67. The van der Waals surface area contributed by atoms with Crippen LogP contribution < -0.4 is 5.14 Å². The minimum atomic E-state index is -4.48. The van der Waals surface area contributed by atoms with Crippen LogP contribution in [0.5, 0.6) is 0 Å². The van der Waals surface area contributed by atoms with Gasteiger partial charge < -0.3 is 4.55 Å². The van der Waals surface area contributed by atoms with Crippen molar-refractivity contribution in [3.8, 4) is 16.9 Å². The molecule has 1 unspecified atom stereocenters. The van der Waals surface area contributed by atoms with E-state index in [2.05, 4.69) is 26.2 Å². The van der Waals surface area contributed by atoms with E-state index in [1.54, 1.807) is 54.6 Å². The summed E-state index contributed by atoms with van der Waals surface area (Å²) in [4.78, 5) is 0. The monoisotopic (exact) mass is 446 g/mol. The van der Waals surface area contributed by atoms with Gasteiger partial charge in [-0.1, -0.05) is 46.3 Å². The Morgan fingerprint density at radius 1 is 1.08 bits per heavy atom. The van der Waals surface area contributed by atoms with Crippen LogP contribution in [0.25, 0.3) is 16.9 Å². The lowest BCUT2D eigenvalue weighted by atomic mass is 10.1. The molecule has 2 N–H and O–H groups in total. The summed E-state index contributed by atoms with van der Waals surface area (Å²) in [6.45, 7) is 0. The number of alkyl halides is 3. The zero-order valence-electron chi connectivity index (χ0n) is 13.0. The molecule has 1 atom stereocenters. The van der Waals surface area contributed by atoms with Crippen molar-refractivity contribution >= 4 is 27.2 Å². The summed E-state index contributed by atoms with van der Waals surface area (Å²) in [6.07, 6.45) is -4.48. The average molecular weight is 447 g/mol. The molecule has 0 aliphatic rings. The number of hydrogen-bond acceptors (Lipinski definition) is 3. The van der Waals surface area contributed by atoms with Crippen LogP contribution in [0.15, 0.2) is 65.1 Å². The predicted molar refractivity (Wildman–Crippen MR) is 94.8 cm³/mol. The quantitative estimate of drug-likeness (QED) is 0.602. The van der Waals surface area contributed by atoms with E-state index in [1.807, 2.05) is 0 Å². The summed E-state index contributed by atoms with van der Waals surface area (Å²) in [6, 6.07) is 16.9. The lowest BCUT2D eigenvalue weighted by Gasteiger charge is -2.07. The lowest BCUT2D eigenvalue weighted by Crippen LogP contribution is -2.07. The highest BCUT2D eigenvalue weighted by Crippen LogP contribution is 2.33. The van der Waals surface area contributed by atoms with Gasteiger partial charge in [-0.2, -0.15) is 18.3 Å². The molecule has 1 aromatic heterocycles. The SMILES string of the molecule is FC(F)(F)c1cc(-c2ccc(Br)cc2)n(-c2ccccc2)n1.NS(=O)[O-]. The Balaban J connectivity index is 0.000000552. The highest BCUT2D eigenvalue weighted by molar-refractivity contribution is 9.10. The smallest absolute Gasteiger partial charge is 0.435 e. The Morgan fingerprint density at radius 3 is 2.12 bits per heavy atom. The van der Waals surface area contributed by atoms with Crippen molar-refractivity contribution in [2.24, 2.45) is 5.14 Å². The number of benzene rings is 2. The summed E-state index contributed by atoms with van der Waals surface area (Å²) in [5.41, 5.74) is 0.728. The number of para-hydroxylation sites is 1. The van der Waals surface area contributed by atoms with Gasteiger partial charge in [0.15, 0.2) is 5.69 Å². The topological polar surface area (TPSA) is 84.0 Å². The Labute approximate surface area is 158 Å². The number of aromatic nitrogens is 2. The molecule has 138 valence electrons. The zero-order chi connectivity index (χ0) is 19.3. The first-order valence-corrected chi connectivity index (χ1v) is 8.94. The molecule has 0 aliphatic heterocycles. The first-order valence-electron chi connectivity index (χ1n) is 7.01. The molecule has 0 radical (unpaired) electrons. The van der Waals surface area contributed by atoms with Crippen molar-refractivity contribution in [2.75, 3.05) is 0 Å². The molecule has 0 bridgehead atoms. The van der Waals surface area contributed by atoms with Gasteiger partial charge in [-0.25, -0.2) is 4.68 Å². The van der Waals surface area contributed by atoms with E-state index in [0.717, 1.165) is 10.5 Å². The molecule has 3 rings (SSSR count). The molecule has 0 saturated heterocycles. The van der Waals surface area contributed by atoms with Crippen molar-refractivity contribution in [1.82, 2.24) is 9.78 Å². The third kappa shape index (κ3) is 5.49. The van der Waals surface area contributed by atoms with Crippen molar-refractivity contribution in [3.05, 3.63) is 70.8 Å². The van der Waals surface area contributed by atoms with E-state index in [1.165, 1.54) is 4.68 Å². The van der Waals surface area contributed by atoms with Gasteiger partial charge >= 0.3 is 6.18 Å². The van der Waals surface area contributed by atoms with Gasteiger partial charge in [-0.3, -0.25) is 9.35 Å². The number of hydrogen-bond donors (Lipinski definition) is 1. The lowest BCUT2D eigenvalue weighted by molar-refractivity contribution is -0.141. The fourth-order valence-electron chi connectivity index (χ4n) is 2.11. The van der Waals surface area contributed by atoms with Gasteiger partial charge in [-0.05, 0) is 30.3 Å². The largest absolute Gasteiger partial charge is 0.760 e. The maximum atomic E-state index is 13.0. The number of nitrogens with two attached hydrogens (primary N) is 1. The minimum absolute atomic E-state index is 0.394. The highest BCUT2D eigenvalue weighted by Gasteiger charge is 2.35. The van der Waals surface area contributed by atoms with Crippen LogP contribution in [-0.2, 0) is 17.4 Å². The molecule has 10 heteroatoms. The second kappa shape index (κ2) is 8.58. The number of halogens is 4. The standard InChI is InChI=1S/C16H10BrF3N2.H3NO2S/c17-12-8-6-11(7-9-12)14-10-15(16(18,19)20)21-22(14)13-4-2-1-3-5-13;1-4(2)3/h1-10H;1H2,(H,2,3)/p-1. The van der Waals surface area contributed by atoms with Crippen molar-refractivity contribution in [3.63, 3.8) is 0 Å². The van der Waals surface area contributed by atoms with Crippen LogP contribution in [0, 0.1) is 0 Å². The summed E-state index contributed by atoms with van der Waals surface area (Å²) < 4.78 is 58.7. The molecule has 0 aliphatic carbocycles. The Kier molecular flexibility index (Phi) is 6.70. The van der Waals surface area contributed by atoms with Gasteiger partial charge in [0.2, 0.25) is 0 Å². The van der Waals surface area contributed by atoms with Crippen LogP contribution in [0.1, 0.15) is 5.69 Å². The van der Waals surface area contributed by atoms with E-state index < -0.39 is 23.1 Å². The van der Waals surface area contributed by atoms with E-state index in [0.29, 0.717) is 16.9 Å². The van der Waals surface area contributed by atoms with E-state index in [-0.39, 0.29) is 0 Å². The Bertz CT molecular complexity index is 880. The average Bonchev–Trinajstić information content (AvgIpc) is 3.01. The molecule has 0 fully saturated rings. The molecule has 3 aromatic rings. The summed E-state index contributed by atoms with van der Waals surface area (Å²) in [5, 5.41) is 7.76. The van der Waals surface area contributed by atoms with Crippen LogP contribution >= 0.6 is 15.9 Å². The summed E-state index contributed by atoms with van der Waals surface area (Å²) >= 11 is 0.955.